The van der Waals surface area contributed by atoms with Gasteiger partial charge in [-0.3, -0.25) is 5.14 Å². The molecule has 1 unspecified atom stereocenters. The lowest BCUT2D eigenvalue weighted by molar-refractivity contribution is 0.0131. The molecule has 1 amide bonds. The van der Waals surface area contributed by atoms with Gasteiger partial charge in [0.1, 0.15) is 11.4 Å². The molecule has 0 spiro atoms. The van der Waals surface area contributed by atoms with E-state index in [1.807, 2.05) is 37.8 Å². The van der Waals surface area contributed by atoms with Crippen LogP contribution in [0.1, 0.15) is 53.9 Å². The average molecular weight is 381 g/mol. The van der Waals surface area contributed by atoms with Crippen molar-refractivity contribution in [2.45, 2.75) is 69.9 Å². The maximum atomic E-state index is 12.5. The van der Waals surface area contributed by atoms with Crippen LogP contribution in [0.4, 0.5) is 10.6 Å². The fourth-order valence-corrected chi connectivity index (χ4v) is 3.73. The van der Waals surface area contributed by atoms with Crippen LogP contribution in [-0.2, 0) is 4.74 Å². The summed E-state index contributed by atoms with van der Waals surface area (Å²) in [6.07, 6.45) is 4.66. The van der Waals surface area contributed by atoms with E-state index >= 15 is 0 Å². The molecule has 2 rings (SSSR count). The molecule has 1 atom stereocenters. The second-order valence-electron chi connectivity index (χ2n) is 8.54. The fraction of sp³-hybridized carbons (Fsp3) is 0.684. The maximum Gasteiger partial charge on any atom is 0.410 e. The van der Waals surface area contributed by atoms with Gasteiger partial charge in [-0.2, -0.15) is 0 Å². The van der Waals surface area contributed by atoms with Gasteiger partial charge in [-0.15, -0.1) is 0 Å². The van der Waals surface area contributed by atoms with Crippen molar-refractivity contribution in [3.63, 3.8) is 0 Å². The average Bonchev–Trinajstić information content (AvgIpc) is 2.85. The summed E-state index contributed by atoms with van der Waals surface area (Å²) < 4.78 is 5.57. The zero-order valence-corrected chi connectivity index (χ0v) is 17.4. The summed E-state index contributed by atoms with van der Waals surface area (Å²) in [5.74, 6) is 1.35. The summed E-state index contributed by atoms with van der Waals surface area (Å²) in [4.78, 5) is 19.7. The number of carbonyl (C=O) groups is 1. The van der Waals surface area contributed by atoms with Crippen LogP contribution in [-0.4, -0.2) is 40.2 Å². The van der Waals surface area contributed by atoms with Crippen LogP contribution in [0.5, 0.6) is 0 Å². The minimum atomic E-state index is -0.460. The minimum Gasteiger partial charge on any atom is -0.444 e. The number of amides is 1. The standard InChI is InChI=1S/C19H32N4O2S/c1-18(2,3)25-17(24)23-13-14(12-19(23,4)5)7-6-9-21-16-11-15(26-20)8-10-22-16/h8,10-11,14H,6-7,9,12-13,20H2,1-5H3,(H,21,22). The van der Waals surface area contributed by atoms with E-state index in [9.17, 15) is 4.79 Å². The van der Waals surface area contributed by atoms with Crippen LogP contribution in [0.15, 0.2) is 23.2 Å². The van der Waals surface area contributed by atoms with E-state index in [-0.39, 0.29) is 11.6 Å². The van der Waals surface area contributed by atoms with E-state index in [4.69, 9.17) is 9.88 Å². The number of hydrogen-bond donors (Lipinski definition) is 2. The zero-order valence-electron chi connectivity index (χ0n) is 16.5. The van der Waals surface area contributed by atoms with E-state index < -0.39 is 5.60 Å². The van der Waals surface area contributed by atoms with E-state index in [2.05, 4.69) is 24.1 Å². The van der Waals surface area contributed by atoms with Crippen LogP contribution in [0.25, 0.3) is 0 Å². The van der Waals surface area contributed by atoms with Gasteiger partial charge in [-0.05, 0) is 83.9 Å². The molecule has 146 valence electrons. The Morgan fingerprint density at radius 1 is 1.50 bits per heavy atom. The van der Waals surface area contributed by atoms with Gasteiger partial charge in [0.05, 0.1) is 0 Å². The highest BCUT2D eigenvalue weighted by atomic mass is 32.2. The highest BCUT2D eigenvalue weighted by Crippen LogP contribution is 2.36. The molecule has 1 aromatic rings. The molecule has 1 aliphatic rings. The second kappa shape index (κ2) is 8.48. The number of ether oxygens (including phenoxy) is 1. The minimum absolute atomic E-state index is 0.158. The molecule has 7 heteroatoms. The lowest BCUT2D eigenvalue weighted by Gasteiger charge is -2.33. The second-order valence-corrected chi connectivity index (χ2v) is 9.24. The van der Waals surface area contributed by atoms with Crippen molar-refractivity contribution in [1.82, 2.24) is 9.88 Å². The van der Waals surface area contributed by atoms with Gasteiger partial charge in [0, 0.05) is 29.7 Å². The zero-order chi connectivity index (χ0) is 19.4. The Balaban J connectivity index is 1.79. The van der Waals surface area contributed by atoms with Crippen molar-refractivity contribution in [3.05, 3.63) is 18.3 Å². The van der Waals surface area contributed by atoms with Gasteiger partial charge in [-0.25, -0.2) is 9.78 Å². The number of nitrogens with two attached hydrogens (primary N) is 1. The fourth-order valence-electron chi connectivity index (χ4n) is 3.41. The largest absolute Gasteiger partial charge is 0.444 e. The number of hydrogen-bond acceptors (Lipinski definition) is 6. The van der Waals surface area contributed by atoms with E-state index in [0.717, 1.165) is 43.1 Å². The molecule has 0 radical (unpaired) electrons. The molecule has 0 saturated carbocycles. The first-order valence-electron chi connectivity index (χ1n) is 9.18. The number of likely N-dealkylation sites (tertiary alicyclic amines) is 1. The predicted octanol–water partition coefficient (Wildman–Crippen LogP) is 4.28. The van der Waals surface area contributed by atoms with Crippen LogP contribution in [0, 0.1) is 5.92 Å². The van der Waals surface area contributed by atoms with Crippen molar-refractivity contribution in [2.24, 2.45) is 11.1 Å². The highest BCUT2D eigenvalue weighted by molar-refractivity contribution is 7.97. The number of rotatable bonds is 6. The van der Waals surface area contributed by atoms with Crippen molar-refractivity contribution in [1.29, 1.82) is 0 Å². The van der Waals surface area contributed by atoms with E-state index in [1.165, 1.54) is 11.9 Å². The molecule has 0 aliphatic carbocycles. The van der Waals surface area contributed by atoms with Gasteiger partial charge in [-0.1, -0.05) is 0 Å². The molecule has 0 bridgehead atoms. The topological polar surface area (TPSA) is 80.5 Å². The summed E-state index contributed by atoms with van der Waals surface area (Å²) >= 11 is 1.22. The molecule has 0 aromatic carbocycles. The number of anilines is 1. The van der Waals surface area contributed by atoms with Crippen LogP contribution in [0.2, 0.25) is 0 Å². The summed E-state index contributed by atoms with van der Waals surface area (Å²) in [7, 11) is 0. The third-order valence-corrected chi connectivity index (χ3v) is 5.06. The Morgan fingerprint density at radius 2 is 2.23 bits per heavy atom. The monoisotopic (exact) mass is 380 g/mol. The Hall–Kier alpha value is -1.47. The van der Waals surface area contributed by atoms with E-state index in [0.29, 0.717) is 5.92 Å². The van der Waals surface area contributed by atoms with Gasteiger partial charge < -0.3 is 15.0 Å². The normalized spacial score (nSPS) is 19.5. The molecule has 2 heterocycles. The third-order valence-electron chi connectivity index (χ3n) is 4.54. The number of carbonyl (C=O) groups excluding carboxylic acids is 1. The van der Waals surface area contributed by atoms with Gasteiger partial charge in [0.2, 0.25) is 0 Å². The lowest BCUT2D eigenvalue weighted by atomic mass is 9.93. The Kier molecular flexibility index (Phi) is 6.80. The molecule has 3 N–H and O–H groups in total. The molecule has 1 aliphatic heterocycles. The molecule has 1 aromatic heterocycles. The predicted molar refractivity (Wildman–Crippen MR) is 107 cm³/mol. The number of pyridine rings is 1. The highest BCUT2D eigenvalue weighted by Gasteiger charge is 2.42. The lowest BCUT2D eigenvalue weighted by Crippen LogP contribution is -2.45. The number of aromatic nitrogens is 1. The van der Waals surface area contributed by atoms with Crippen LogP contribution >= 0.6 is 11.9 Å². The van der Waals surface area contributed by atoms with Gasteiger partial charge >= 0.3 is 6.09 Å². The van der Waals surface area contributed by atoms with Crippen LogP contribution < -0.4 is 10.5 Å². The van der Waals surface area contributed by atoms with Crippen molar-refractivity contribution in [2.75, 3.05) is 18.4 Å². The Morgan fingerprint density at radius 3 is 2.88 bits per heavy atom. The summed E-state index contributed by atoms with van der Waals surface area (Å²) in [5, 5.41) is 8.92. The molecular formula is C19H32N4O2S. The molecule has 6 nitrogen and oxygen atoms in total. The summed E-state index contributed by atoms with van der Waals surface area (Å²) in [5.41, 5.74) is -0.618. The smallest absolute Gasteiger partial charge is 0.410 e. The third kappa shape index (κ3) is 6.06. The maximum absolute atomic E-state index is 12.5. The summed E-state index contributed by atoms with van der Waals surface area (Å²) in [6, 6.07) is 3.84. The molecule has 26 heavy (non-hydrogen) atoms. The van der Waals surface area contributed by atoms with Gasteiger partial charge in [0.15, 0.2) is 0 Å². The number of nitrogens with zero attached hydrogens (tertiary/aromatic N) is 2. The Bertz CT molecular complexity index is 616. The summed E-state index contributed by atoms with van der Waals surface area (Å²) in [6.45, 7) is 11.6. The molecule has 1 fully saturated rings. The van der Waals surface area contributed by atoms with Crippen molar-refractivity contribution in [3.8, 4) is 0 Å². The molecular weight excluding hydrogens is 348 g/mol. The first kappa shape index (κ1) is 20.8. The van der Waals surface area contributed by atoms with Crippen molar-refractivity contribution >= 4 is 23.9 Å². The van der Waals surface area contributed by atoms with Crippen LogP contribution in [0.3, 0.4) is 0 Å². The Labute approximate surface area is 161 Å². The van der Waals surface area contributed by atoms with Gasteiger partial charge in [0.25, 0.3) is 0 Å². The SMILES string of the molecule is CC(C)(C)OC(=O)N1CC(CCCNc2cc(SN)ccn2)CC1(C)C. The molecule has 1 saturated heterocycles. The number of nitrogens with one attached hydrogen (secondary N) is 1. The first-order chi connectivity index (χ1) is 12.1. The quantitative estimate of drug-likeness (QED) is 0.566. The van der Waals surface area contributed by atoms with E-state index in [1.54, 1.807) is 6.20 Å². The first-order valence-corrected chi connectivity index (χ1v) is 10.1. The van der Waals surface area contributed by atoms with Crippen molar-refractivity contribution < 1.29 is 9.53 Å².